The second-order valence-electron chi connectivity index (χ2n) is 6.45. The molecule has 3 rings (SSSR count). The van der Waals surface area contributed by atoms with E-state index in [1.165, 1.54) is 6.07 Å². The van der Waals surface area contributed by atoms with Gasteiger partial charge in [-0.3, -0.25) is 24.6 Å². The molecule has 10 nitrogen and oxygen atoms in total. The van der Waals surface area contributed by atoms with Gasteiger partial charge in [-0.15, -0.1) is 0 Å². The Morgan fingerprint density at radius 3 is 2.56 bits per heavy atom. The normalized spacial score (nSPS) is 18.1. The van der Waals surface area contributed by atoms with E-state index in [4.69, 9.17) is 5.11 Å². The Kier molecular flexibility index (Phi) is 5.38. The van der Waals surface area contributed by atoms with Gasteiger partial charge in [-0.1, -0.05) is 0 Å². The molecule has 0 aromatic heterocycles. The molecule has 1 saturated heterocycles. The number of imide groups is 1. The fourth-order valence-corrected chi connectivity index (χ4v) is 3.13. The van der Waals surface area contributed by atoms with E-state index in [0.29, 0.717) is 24.5 Å². The highest BCUT2D eigenvalue weighted by molar-refractivity contribution is 6.17. The minimum atomic E-state index is -0.570. The molecule has 10 heteroatoms. The molecule has 0 atom stereocenters. The van der Waals surface area contributed by atoms with Crippen LogP contribution in [-0.4, -0.2) is 78.0 Å². The average Bonchev–Trinajstić information content (AvgIpc) is 2.90. The number of benzene rings is 1. The van der Waals surface area contributed by atoms with E-state index in [2.05, 4.69) is 10.2 Å². The largest absolute Gasteiger partial charge is 0.395 e. The number of anilines is 2. The number of aliphatic hydroxyl groups is 1. The number of nitro benzene ring substituents is 1. The van der Waals surface area contributed by atoms with Gasteiger partial charge in [0.15, 0.2) is 0 Å². The molecule has 0 unspecified atom stereocenters. The van der Waals surface area contributed by atoms with Crippen molar-refractivity contribution < 1.29 is 19.6 Å². The summed E-state index contributed by atoms with van der Waals surface area (Å²) >= 11 is 0. The number of likely N-dealkylation sites (N-methyl/N-ethyl adjacent to an activating group) is 1. The molecule has 2 aliphatic rings. The summed E-state index contributed by atoms with van der Waals surface area (Å²) in [7, 11) is 2.01. The van der Waals surface area contributed by atoms with E-state index >= 15 is 0 Å². The molecule has 27 heavy (non-hydrogen) atoms. The number of piperazine rings is 1. The van der Waals surface area contributed by atoms with Gasteiger partial charge in [0.1, 0.15) is 11.4 Å². The molecule has 2 N–H and O–H groups in total. The molecule has 2 aliphatic heterocycles. The lowest BCUT2D eigenvalue weighted by molar-refractivity contribution is -0.384. The number of aliphatic hydroxyl groups excluding tert-OH is 1. The summed E-state index contributed by atoms with van der Waals surface area (Å²) in [5, 5.41) is 23.3. The SMILES string of the molecule is CN1CCN(c2ccc(NC3=CC(=O)N(CCO)C3=O)cc2[N+](=O)[O-])CC1. The highest BCUT2D eigenvalue weighted by atomic mass is 16.6. The Hall–Kier alpha value is -2.98. The van der Waals surface area contributed by atoms with E-state index in [0.717, 1.165) is 24.1 Å². The number of hydrogen-bond donors (Lipinski definition) is 2. The molecule has 1 aromatic carbocycles. The average molecular weight is 375 g/mol. The van der Waals surface area contributed by atoms with Crippen LogP contribution < -0.4 is 10.2 Å². The smallest absolute Gasteiger partial charge is 0.294 e. The van der Waals surface area contributed by atoms with Gasteiger partial charge in [0, 0.05) is 44.0 Å². The zero-order valence-electron chi connectivity index (χ0n) is 14.9. The predicted octanol–water partition coefficient (Wildman–Crippen LogP) is 0.00350. The Morgan fingerprint density at radius 1 is 1.22 bits per heavy atom. The second kappa shape index (κ2) is 7.72. The molecule has 2 heterocycles. The number of nitrogens with zero attached hydrogens (tertiary/aromatic N) is 4. The molecule has 0 radical (unpaired) electrons. The fourth-order valence-electron chi connectivity index (χ4n) is 3.13. The van der Waals surface area contributed by atoms with Gasteiger partial charge in [0.25, 0.3) is 17.5 Å². The van der Waals surface area contributed by atoms with Crippen molar-refractivity contribution in [3.63, 3.8) is 0 Å². The summed E-state index contributed by atoms with van der Waals surface area (Å²) in [4.78, 5) is 40.1. The Morgan fingerprint density at radius 2 is 1.93 bits per heavy atom. The van der Waals surface area contributed by atoms with E-state index in [-0.39, 0.29) is 24.5 Å². The first-order valence-electron chi connectivity index (χ1n) is 8.58. The number of carbonyl (C=O) groups excluding carboxylic acids is 2. The molecule has 0 aliphatic carbocycles. The van der Waals surface area contributed by atoms with Crippen LogP contribution in [0.2, 0.25) is 0 Å². The van der Waals surface area contributed by atoms with Crippen molar-refractivity contribution in [3.05, 3.63) is 40.1 Å². The maximum absolute atomic E-state index is 12.2. The minimum absolute atomic E-state index is 0.0232. The number of hydrogen-bond acceptors (Lipinski definition) is 8. The van der Waals surface area contributed by atoms with Crippen molar-refractivity contribution in [2.45, 2.75) is 0 Å². The highest BCUT2D eigenvalue weighted by Gasteiger charge is 2.31. The summed E-state index contributed by atoms with van der Waals surface area (Å²) in [6.45, 7) is 2.60. The minimum Gasteiger partial charge on any atom is -0.395 e. The van der Waals surface area contributed by atoms with Crippen molar-refractivity contribution >= 4 is 28.9 Å². The zero-order chi connectivity index (χ0) is 19.6. The first-order chi connectivity index (χ1) is 12.9. The maximum Gasteiger partial charge on any atom is 0.294 e. The zero-order valence-corrected chi connectivity index (χ0v) is 14.9. The fraction of sp³-hybridized carbons (Fsp3) is 0.412. The molecule has 2 amide bonds. The number of amides is 2. The molecule has 1 aromatic rings. The van der Waals surface area contributed by atoms with Crippen LogP contribution in [0.15, 0.2) is 30.0 Å². The van der Waals surface area contributed by atoms with Gasteiger partial charge < -0.3 is 20.2 Å². The van der Waals surface area contributed by atoms with Crippen molar-refractivity contribution in [1.29, 1.82) is 0 Å². The van der Waals surface area contributed by atoms with Crippen LogP contribution in [0.5, 0.6) is 0 Å². The van der Waals surface area contributed by atoms with Gasteiger partial charge in [0.2, 0.25) is 0 Å². The van der Waals surface area contributed by atoms with Crippen LogP contribution in [0.1, 0.15) is 0 Å². The standard InChI is InChI=1S/C17H21N5O5/c1-19-4-6-20(7-5-19)14-3-2-12(10-15(14)22(26)27)18-13-11-16(24)21(8-9-23)17(13)25/h2-3,10-11,18,23H,4-9H2,1H3. The number of rotatable bonds is 6. The third-order valence-electron chi connectivity index (χ3n) is 4.63. The third-order valence-corrected chi connectivity index (χ3v) is 4.63. The quantitative estimate of drug-likeness (QED) is 0.405. The summed E-state index contributed by atoms with van der Waals surface area (Å²) in [5.41, 5.74) is 0.838. The molecule has 144 valence electrons. The summed E-state index contributed by atoms with van der Waals surface area (Å²) < 4.78 is 0. The van der Waals surface area contributed by atoms with Crippen molar-refractivity contribution in [3.8, 4) is 0 Å². The van der Waals surface area contributed by atoms with Crippen LogP contribution in [0.25, 0.3) is 0 Å². The van der Waals surface area contributed by atoms with Crippen LogP contribution in [-0.2, 0) is 9.59 Å². The Balaban J connectivity index is 1.81. The molecule has 0 saturated carbocycles. The number of nitrogens with one attached hydrogen (secondary N) is 1. The first kappa shape index (κ1) is 18.8. The molecule has 1 fully saturated rings. The highest BCUT2D eigenvalue weighted by Crippen LogP contribution is 2.32. The lowest BCUT2D eigenvalue weighted by Gasteiger charge is -2.33. The van der Waals surface area contributed by atoms with Gasteiger partial charge in [-0.2, -0.15) is 0 Å². The van der Waals surface area contributed by atoms with Crippen LogP contribution in [0.3, 0.4) is 0 Å². The van der Waals surface area contributed by atoms with E-state index in [1.807, 2.05) is 11.9 Å². The molecule has 0 spiro atoms. The summed E-state index contributed by atoms with van der Waals surface area (Å²) in [5.74, 6) is -1.10. The first-order valence-corrected chi connectivity index (χ1v) is 8.58. The molecule has 0 bridgehead atoms. The lowest BCUT2D eigenvalue weighted by atomic mass is 10.2. The van der Waals surface area contributed by atoms with Crippen LogP contribution >= 0.6 is 0 Å². The second-order valence-corrected chi connectivity index (χ2v) is 6.45. The van der Waals surface area contributed by atoms with Gasteiger partial charge in [0.05, 0.1) is 18.1 Å². The lowest BCUT2D eigenvalue weighted by Crippen LogP contribution is -2.44. The Labute approximate surface area is 155 Å². The number of β-amino-alcohol motifs (C(OH)–C–C–N with tert-alkyl or cyclic N) is 1. The van der Waals surface area contributed by atoms with Gasteiger partial charge in [-0.05, 0) is 19.2 Å². The van der Waals surface area contributed by atoms with E-state index < -0.39 is 16.7 Å². The topological polar surface area (TPSA) is 119 Å². The van der Waals surface area contributed by atoms with Crippen molar-refractivity contribution in [1.82, 2.24) is 9.80 Å². The van der Waals surface area contributed by atoms with Gasteiger partial charge >= 0.3 is 0 Å². The summed E-state index contributed by atoms with van der Waals surface area (Å²) in [6, 6.07) is 4.66. The number of nitro groups is 1. The Bertz CT molecular complexity index is 801. The van der Waals surface area contributed by atoms with E-state index in [1.54, 1.807) is 12.1 Å². The third kappa shape index (κ3) is 3.91. The van der Waals surface area contributed by atoms with Crippen LogP contribution in [0.4, 0.5) is 17.1 Å². The predicted molar refractivity (Wildman–Crippen MR) is 98.3 cm³/mol. The van der Waals surface area contributed by atoms with Crippen molar-refractivity contribution in [2.24, 2.45) is 0 Å². The van der Waals surface area contributed by atoms with Crippen molar-refractivity contribution in [2.75, 3.05) is 56.6 Å². The van der Waals surface area contributed by atoms with Gasteiger partial charge in [-0.25, -0.2) is 0 Å². The summed E-state index contributed by atoms with van der Waals surface area (Å²) in [6.07, 6.45) is 1.12. The maximum atomic E-state index is 12.2. The monoisotopic (exact) mass is 375 g/mol. The van der Waals surface area contributed by atoms with E-state index in [9.17, 15) is 19.7 Å². The number of carbonyl (C=O) groups is 2. The molecular weight excluding hydrogens is 354 g/mol. The van der Waals surface area contributed by atoms with Crippen LogP contribution in [0, 0.1) is 10.1 Å². The molecular formula is C17H21N5O5.